The Kier molecular flexibility index (Phi) is 6.18. The number of hydrogen-bond donors (Lipinski definition) is 0. The van der Waals surface area contributed by atoms with Gasteiger partial charge in [0.1, 0.15) is 18.1 Å². The monoisotopic (exact) mass is 409 g/mol. The van der Waals surface area contributed by atoms with Crippen molar-refractivity contribution in [2.75, 3.05) is 46.4 Å². The molecule has 7 nitrogen and oxygen atoms in total. The summed E-state index contributed by atoms with van der Waals surface area (Å²) >= 11 is 0. The fourth-order valence-corrected chi connectivity index (χ4v) is 3.89. The van der Waals surface area contributed by atoms with E-state index < -0.39 is 0 Å². The lowest BCUT2D eigenvalue weighted by Crippen LogP contribution is -2.53. The van der Waals surface area contributed by atoms with E-state index in [1.807, 2.05) is 48.5 Å². The summed E-state index contributed by atoms with van der Waals surface area (Å²) in [6, 6.07) is 15.6. The van der Waals surface area contributed by atoms with Crippen LogP contribution >= 0.6 is 0 Å². The summed E-state index contributed by atoms with van der Waals surface area (Å²) in [6.07, 6.45) is 0. The number of rotatable bonds is 5. The van der Waals surface area contributed by atoms with Gasteiger partial charge in [0.25, 0.3) is 0 Å². The minimum absolute atomic E-state index is 0.0104. The van der Waals surface area contributed by atoms with Crippen molar-refractivity contribution in [2.45, 2.75) is 13.1 Å². The number of hydrogen-bond acceptors (Lipinski definition) is 5. The molecule has 2 aromatic carbocycles. The van der Waals surface area contributed by atoms with E-state index in [9.17, 15) is 9.59 Å². The third-order valence-corrected chi connectivity index (χ3v) is 5.57. The van der Waals surface area contributed by atoms with Crippen molar-refractivity contribution in [2.24, 2.45) is 0 Å². The minimum atomic E-state index is -0.0260. The first-order chi connectivity index (χ1) is 14.6. The summed E-state index contributed by atoms with van der Waals surface area (Å²) in [5.74, 6) is 1.62. The molecule has 4 rings (SSSR count). The number of ether oxygens (including phenoxy) is 2. The zero-order chi connectivity index (χ0) is 20.9. The lowest BCUT2D eigenvalue weighted by molar-refractivity contribution is -0.146. The third kappa shape index (κ3) is 4.74. The SMILES string of the molecule is COc1cccc(CN2CCN(C(=O)CN3CCOc4ccccc4C3)CC2=O)c1. The van der Waals surface area contributed by atoms with E-state index in [0.717, 1.165) is 22.6 Å². The number of fused-ring (bicyclic) bond motifs is 1. The molecule has 30 heavy (non-hydrogen) atoms. The van der Waals surface area contributed by atoms with Gasteiger partial charge >= 0.3 is 0 Å². The molecule has 0 bridgehead atoms. The Hall–Kier alpha value is -3.06. The van der Waals surface area contributed by atoms with Crippen LogP contribution in [-0.4, -0.2) is 73.0 Å². The van der Waals surface area contributed by atoms with Crippen molar-refractivity contribution in [3.63, 3.8) is 0 Å². The van der Waals surface area contributed by atoms with E-state index in [-0.39, 0.29) is 18.4 Å². The quantitative estimate of drug-likeness (QED) is 0.753. The van der Waals surface area contributed by atoms with Gasteiger partial charge in [0.15, 0.2) is 0 Å². The molecule has 7 heteroatoms. The Bertz CT molecular complexity index is 917. The number of methoxy groups -OCH3 is 1. The predicted octanol–water partition coefficient (Wildman–Crippen LogP) is 1.76. The second-order valence-corrected chi connectivity index (χ2v) is 7.65. The summed E-state index contributed by atoms with van der Waals surface area (Å²) in [6.45, 7) is 3.94. The molecule has 1 fully saturated rings. The van der Waals surface area contributed by atoms with E-state index in [0.29, 0.717) is 45.9 Å². The van der Waals surface area contributed by atoms with Gasteiger partial charge in [-0.1, -0.05) is 30.3 Å². The Morgan fingerprint density at radius 2 is 1.93 bits per heavy atom. The lowest BCUT2D eigenvalue weighted by atomic mass is 10.1. The van der Waals surface area contributed by atoms with Crippen molar-refractivity contribution >= 4 is 11.8 Å². The molecule has 2 heterocycles. The normalized spacial score (nSPS) is 17.2. The van der Waals surface area contributed by atoms with Crippen LogP contribution in [0.25, 0.3) is 0 Å². The standard InChI is InChI=1S/C23H27N3O4/c1-29-20-7-4-5-18(13-20)14-25-9-10-26(17-23(25)28)22(27)16-24-11-12-30-21-8-3-2-6-19(21)15-24/h2-8,13H,9-12,14-17H2,1H3. The first-order valence-electron chi connectivity index (χ1n) is 10.2. The molecule has 2 amide bonds. The van der Waals surface area contributed by atoms with Crippen LogP contribution in [0.3, 0.4) is 0 Å². The molecule has 0 saturated carbocycles. The highest BCUT2D eigenvalue weighted by Gasteiger charge is 2.28. The third-order valence-electron chi connectivity index (χ3n) is 5.57. The van der Waals surface area contributed by atoms with Crippen LogP contribution in [-0.2, 0) is 22.7 Å². The Balaban J connectivity index is 1.31. The first-order valence-corrected chi connectivity index (χ1v) is 10.2. The number of piperazine rings is 1. The van der Waals surface area contributed by atoms with Gasteiger partial charge in [-0.2, -0.15) is 0 Å². The van der Waals surface area contributed by atoms with Gasteiger partial charge in [0.05, 0.1) is 20.2 Å². The zero-order valence-corrected chi connectivity index (χ0v) is 17.3. The van der Waals surface area contributed by atoms with Crippen molar-refractivity contribution in [1.29, 1.82) is 0 Å². The van der Waals surface area contributed by atoms with Gasteiger partial charge in [-0.15, -0.1) is 0 Å². The maximum absolute atomic E-state index is 12.8. The van der Waals surface area contributed by atoms with Crippen molar-refractivity contribution in [3.8, 4) is 11.5 Å². The predicted molar refractivity (Wildman–Crippen MR) is 112 cm³/mol. The second kappa shape index (κ2) is 9.17. The number of carbonyl (C=O) groups is 2. The molecule has 0 atom stereocenters. The molecule has 0 N–H and O–H groups in total. The van der Waals surface area contributed by atoms with Gasteiger partial charge in [-0.05, 0) is 23.8 Å². The maximum Gasteiger partial charge on any atom is 0.242 e. The highest BCUT2D eigenvalue weighted by molar-refractivity contribution is 5.86. The Morgan fingerprint density at radius 1 is 1.07 bits per heavy atom. The summed E-state index contributed by atoms with van der Waals surface area (Å²) in [7, 11) is 1.63. The molecule has 2 aliphatic rings. The summed E-state index contributed by atoms with van der Waals surface area (Å²) in [4.78, 5) is 31.0. The molecule has 1 saturated heterocycles. The molecular weight excluding hydrogens is 382 g/mol. The van der Waals surface area contributed by atoms with Crippen molar-refractivity contribution in [1.82, 2.24) is 14.7 Å². The Morgan fingerprint density at radius 3 is 2.77 bits per heavy atom. The lowest BCUT2D eigenvalue weighted by Gasteiger charge is -2.35. The number of amides is 2. The summed E-state index contributed by atoms with van der Waals surface area (Å²) < 4.78 is 11.0. The van der Waals surface area contributed by atoms with Crippen molar-refractivity contribution in [3.05, 3.63) is 59.7 Å². The fourth-order valence-electron chi connectivity index (χ4n) is 3.89. The number of carbonyl (C=O) groups excluding carboxylic acids is 2. The largest absolute Gasteiger partial charge is 0.497 e. The topological polar surface area (TPSA) is 62.3 Å². The Labute approximate surface area is 176 Å². The van der Waals surface area contributed by atoms with Gasteiger partial charge in [-0.25, -0.2) is 0 Å². The van der Waals surface area contributed by atoms with Crippen LogP contribution in [0.15, 0.2) is 48.5 Å². The van der Waals surface area contributed by atoms with E-state index >= 15 is 0 Å². The number of benzene rings is 2. The molecule has 0 radical (unpaired) electrons. The summed E-state index contributed by atoms with van der Waals surface area (Å²) in [5, 5.41) is 0. The molecule has 2 aromatic rings. The van der Waals surface area contributed by atoms with E-state index in [1.54, 1.807) is 16.9 Å². The van der Waals surface area contributed by atoms with Gasteiger partial charge in [-0.3, -0.25) is 14.5 Å². The zero-order valence-electron chi connectivity index (χ0n) is 17.3. The highest BCUT2D eigenvalue weighted by atomic mass is 16.5. The molecule has 2 aliphatic heterocycles. The molecule has 158 valence electrons. The second-order valence-electron chi connectivity index (χ2n) is 7.65. The molecule has 0 unspecified atom stereocenters. The van der Waals surface area contributed by atoms with E-state index in [1.165, 1.54) is 0 Å². The van der Waals surface area contributed by atoms with Crippen LogP contribution in [0.4, 0.5) is 0 Å². The smallest absolute Gasteiger partial charge is 0.242 e. The van der Waals surface area contributed by atoms with Gasteiger partial charge in [0.2, 0.25) is 11.8 Å². The van der Waals surface area contributed by atoms with Crippen LogP contribution < -0.4 is 9.47 Å². The van der Waals surface area contributed by atoms with Crippen LogP contribution in [0.5, 0.6) is 11.5 Å². The maximum atomic E-state index is 12.8. The van der Waals surface area contributed by atoms with Crippen LogP contribution in [0.1, 0.15) is 11.1 Å². The molecule has 0 aromatic heterocycles. The fraction of sp³-hybridized carbons (Fsp3) is 0.391. The summed E-state index contributed by atoms with van der Waals surface area (Å²) in [5.41, 5.74) is 2.10. The van der Waals surface area contributed by atoms with Crippen molar-refractivity contribution < 1.29 is 19.1 Å². The average molecular weight is 409 g/mol. The van der Waals surface area contributed by atoms with Gasteiger partial charge < -0.3 is 19.3 Å². The van der Waals surface area contributed by atoms with Crippen LogP contribution in [0.2, 0.25) is 0 Å². The molecule has 0 aliphatic carbocycles. The minimum Gasteiger partial charge on any atom is -0.497 e. The number of nitrogens with zero attached hydrogens (tertiary/aromatic N) is 3. The van der Waals surface area contributed by atoms with E-state index in [4.69, 9.17) is 9.47 Å². The first kappa shape index (κ1) is 20.2. The highest BCUT2D eigenvalue weighted by Crippen LogP contribution is 2.22. The molecule has 0 spiro atoms. The average Bonchev–Trinajstić information content (AvgIpc) is 2.97. The van der Waals surface area contributed by atoms with Crippen LogP contribution in [0, 0.1) is 0 Å². The van der Waals surface area contributed by atoms with E-state index in [2.05, 4.69) is 4.90 Å². The number of para-hydroxylation sites is 1. The van der Waals surface area contributed by atoms with Gasteiger partial charge in [0, 0.05) is 38.3 Å². The molecular formula is C23H27N3O4.